The molecule has 2 unspecified atom stereocenters. The van der Waals surface area contributed by atoms with Crippen LogP contribution >= 0.6 is 0 Å². The molecule has 66 valence electrons. The van der Waals surface area contributed by atoms with Gasteiger partial charge in [-0.2, -0.15) is 0 Å². The molecule has 0 spiro atoms. The normalized spacial score (nSPS) is 15.9. The molecule has 1 nitrogen and oxygen atoms in total. The highest BCUT2D eigenvalue weighted by Crippen LogP contribution is 2.17. The summed E-state index contributed by atoms with van der Waals surface area (Å²) >= 11 is 0. The maximum atomic E-state index is 3.75. The van der Waals surface area contributed by atoms with Crippen molar-refractivity contribution >= 4 is 0 Å². The van der Waals surface area contributed by atoms with Crippen LogP contribution in [0.5, 0.6) is 0 Å². The molecule has 0 radical (unpaired) electrons. The molecule has 0 aromatic carbocycles. The smallest absolute Gasteiger partial charge is 0.00493 e. The van der Waals surface area contributed by atoms with Gasteiger partial charge in [-0.1, -0.05) is 19.9 Å². The van der Waals surface area contributed by atoms with E-state index in [1.807, 2.05) is 13.1 Å². The van der Waals surface area contributed by atoms with Crippen molar-refractivity contribution in [2.24, 2.45) is 11.8 Å². The van der Waals surface area contributed by atoms with Crippen LogP contribution in [0.2, 0.25) is 0 Å². The van der Waals surface area contributed by atoms with Crippen molar-refractivity contribution in [3.8, 4) is 0 Å². The first-order valence-electron chi connectivity index (χ1n) is 4.47. The van der Waals surface area contributed by atoms with Crippen molar-refractivity contribution in [1.82, 2.24) is 5.32 Å². The van der Waals surface area contributed by atoms with Crippen molar-refractivity contribution in [3.63, 3.8) is 0 Å². The van der Waals surface area contributed by atoms with E-state index in [0.29, 0.717) is 0 Å². The Morgan fingerprint density at radius 1 is 1.36 bits per heavy atom. The van der Waals surface area contributed by atoms with Gasteiger partial charge in [-0.05, 0) is 38.3 Å². The first-order valence-corrected chi connectivity index (χ1v) is 4.47. The molecule has 0 saturated heterocycles. The summed E-state index contributed by atoms with van der Waals surface area (Å²) in [6, 6.07) is 0. The lowest BCUT2D eigenvalue weighted by atomic mass is 9.90. The largest absolute Gasteiger partial charge is 0.320 e. The summed E-state index contributed by atoms with van der Waals surface area (Å²) < 4.78 is 0. The standard InChI is InChI=1S/C10H21N/c1-5-6-9(2)10(3)7-8-11-4/h5,9-11H,1,6-8H2,2-4H3. The minimum Gasteiger partial charge on any atom is -0.320 e. The van der Waals surface area contributed by atoms with Crippen molar-refractivity contribution in [2.75, 3.05) is 13.6 Å². The zero-order valence-electron chi connectivity index (χ0n) is 8.06. The summed E-state index contributed by atoms with van der Waals surface area (Å²) in [5.74, 6) is 1.58. The van der Waals surface area contributed by atoms with E-state index in [4.69, 9.17) is 0 Å². The molecule has 0 saturated carbocycles. The summed E-state index contributed by atoms with van der Waals surface area (Å²) in [6.45, 7) is 9.48. The van der Waals surface area contributed by atoms with Gasteiger partial charge in [-0.15, -0.1) is 6.58 Å². The molecule has 0 amide bonds. The minimum absolute atomic E-state index is 0.779. The molecule has 1 N–H and O–H groups in total. The fourth-order valence-corrected chi connectivity index (χ4v) is 1.15. The maximum Gasteiger partial charge on any atom is -0.00493 e. The predicted molar refractivity (Wildman–Crippen MR) is 51.7 cm³/mol. The van der Waals surface area contributed by atoms with Crippen LogP contribution in [-0.2, 0) is 0 Å². The SMILES string of the molecule is C=CCC(C)C(C)CCNC. The predicted octanol–water partition coefficient (Wildman–Crippen LogP) is 2.44. The summed E-state index contributed by atoms with van der Waals surface area (Å²) in [5.41, 5.74) is 0. The second-order valence-corrected chi connectivity index (χ2v) is 3.37. The third kappa shape index (κ3) is 5.02. The lowest BCUT2D eigenvalue weighted by molar-refractivity contribution is 0.364. The van der Waals surface area contributed by atoms with Gasteiger partial charge in [0.25, 0.3) is 0 Å². The van der Waals surface area contributed by atoms with Crippen molar-refractivity contribution in [3.05, 3.63) is 12.7 Å². The molecule has 0 aliphatic carbocycles. The second-order valence-electron chi connectivity index (χ2n) is 3.37. The number of hydrogen-bond acceptors (Lipinski definition) is 1. The Morgan fingerprint density at radius 3 is 2.45 bits per heavy atom. The molecule has 0 aliphatic heterocycles. The zero-order valence-corrected chi connectivity index (χ0v) is 8.06. The van der Waals surface area contributed by atoms with Gasteiger partial charge in [0.2, 0.25) is 0 Å². The average molecular weight is 155 g/mol. The van der Waals surface area contributed by atoms with Gasteiger partial charge in [-0.25, -0.2) is 0 Å². The van der Waals surface area contributed by atoms with E-state index in [2.05, 4.69) is 25.7 Å². The Bertz CT molecular complexity index is 99.0. The highest BCUT2D eigenvalue weighted by atomic mass is 14.8. The highest BCUT2D eigenvalue weighted by Gasteiger charge is 2.08. The molecule has 0 fully saturated rings. The third-order valence-corrected chi connectivity index (χ3v) is 2.36. The number of rotatable bonds is 6. The molecule has 0 rings (SSSR count). The van der Waals surface area contributed by atoms with E-state index >= 15 is 0 Å². The molecule has 0 bridgehead atoms. The molecular formula is C10H21N. The molecule has 0 aromatic heterocycles. The number of hydrogen-bond donors (Lipinski definition) is 1. The molecular weight excluding hydrogens is 134 g/mol. The van der Waals surface area contributed by atoms with Gasteiger partial charge in [0.05, 0.1) is 0 Å². The molecule has 11 heavy (non-hydrogen) atoms. The van der Waals surface area contributed by atoms with Crippen LogP contribution < -0.4 is 5.32 Å². The summed E-state index contributed by atoms with van der Waals surface area (Å²) in [6.07, 6.45) is 4.43. The second kappa shape index (κ2) is 6.41. The van der Waals surface area contributed by atoms with Crippen LogP contribution in [0, 0.1) is 11.8 Å². The van der Waals surface area contributed by atoms with Gasteiger partial charge < -0.3 is 5.32 Å². The molecule has 0 heterocycles. The summed E-state index contributed by atoms with van der Waals surface area (Å²) in [5, 5.41) is 3.17. The van der Waals surface area contributed by atoms with Gasteiger partial charge >= 0.3 is 0 Å². The van der Waals surface area contributed by atoms with Crippen molar-refractivity contribution in [2.45, 2.75) is 26.7 Å². The fraction of sp³-hybridized carbons (Fsp3) is 0.800. The van der Waals surface area contributed by atoms with E-state index in [1.165, 1.54) is 6.42 Å². The Labute approximate surface area is 70.9 Å². The van der Waals surface area contributed by atoms with E-state index in [1.54, 1.807) is 0 Å². The van der Waals surface area contributed by atoms with Crippen LogP contribution in [0.1, 0.15) is 26.7 Å². The van der Waals surface area contributed by atoms with Crippen LogP contribution in [-0.4, -0.2) is 13.6 Å². The first kappa shape index (κ1) is 10.7. The zero-order chi connectivity index (χ0) is 8.69. The van der Waals surface area contributed by atoms with Gasteiger partial charge in [0.1, 0.15) is 0 Å². The molecule has 1 heteroatoms. The Hall–Kier alpha value is -0.300. The Kier molecular flexibility index (Phi) is 6.24. The molecule has 0 aromatic rings. The average Bonchev–Trinajstić information content (AvgIpc) is 2.00. The van der Waals surface area contributed by atoms with Gasteiger partial charge in [0.15, 0.2) is 0 Å². The summed E-state index contributed by atoms with van der Waals surface area (Å²) in [7, 11) is 2.00. The topological polar surface area (TPSA) is 12.0 Å². The Morgan fingerprint density at radius 2 is 2.00 bits per heavy atom. The van der Waals surface area contributed by atoms with Crippen LogP contribution in [0.25, 0.3) is 0 Å². The van der Waals surface area contributed by atoms with Crippen molar-refractivity contribution < 1.29 is 0 Å². The van der Waals surface area contributed by atoms with E-state index in [9.17, 15) is 0 Å². The number of nitrogens with one attached hydrogen (secondary N) is 1. The Balaban J connectivity index is 3.45. The van der Waals surface area contributed by atoms with Crippen LogP contribution in [0.15, 0.2) is 12.7 Å². The van der Waals surface area contributed by atoms with Gasteiger partial charge in [0, 0.05) is 0 Å². The van der Waals surface area contributed by atoms with Gasteiger partial charge in [-0.3, -0.25) is 0 Å². The third-order valence-electron chi connectivity index (χ3n) is 2.36. The lowest BCUT2D eigenvalue weighted by Crippen LogP contribution is -2.15. The highest BCUT2D eigenvalue weighted by molar-refractivity contribution is 4.73. The molecule has 0 aliphatic rings. The van der Waals surface area contributed by atoms with E-state index in [0.717, 1.165) is 24.8 Å². The quantitative estimate of drug-likeness (QED) is 0.581. The first-order chi connectivity index (χ1) is 5.22. The van der Waals surface area contributed by atoms with E-state index < -0.39 is 0 Å². The van der Waals surface area contributed by atoms with Crippen molar-refractivity contribution in [1.29, 1.82) is 0 Å². The molecule has 2 atom stereocenters. The minimum atomic E-state index is 0.779. The maximum absolute atomic E-state index is 3.75. The summed E-state index contributed by atoms with van der Waals surface area (Å²) in [4.78, 5) is 0. The fourth-order valence-electron chi connectivity index (χ4n) is 1.15. The number of allylic oxidation sites excluding steroid dienone is 1. The lowest BCUT2D eigenvalue weighted by Gasteiger charge is -2.17. The van der Waals surface area contributed by atoms with Crippen LogP contribution in [0.3, 0.4) is 0 Å². The monoisotopic (exact) mass is 155 g/mol. The van der Waals surface area contributed by atoms with Crippen LogP contribution in [0.4, 0.5) is 0 Å². The van der Waals surface area contributed by atoms with E-state index in [-0.39, 0.29) is 0 Å².